The van der Waals surface area contributed by atoms with Gasteiger partial charge in [-0.15, -0.1) is 0 Å². The molecule has 1 aliphatic rings. The van der Waals surface area contributed by atoms with Gasteiger partial charge in [0.05, 0.1) is 12.1 Å². The summed E-state index contributed by atoms with van der Waals surface area (Å²) in [6.07, 6.45) is 17.6. The minimum Gasteiger partial charge on any atom is -0.345 e. The summed E-state index contributed by atoms with van der Waals surface area (Å²) in [5.41, 5.74) is 0. The van der Waals surface area contributed by atoms with Crippen LogP contribution in [0.15, 0.2) is 23.8 Å². The van der Waals surface area contributed by atoms with Crippen LogP contribution in [0.4, 0.5) is 8.78 Å². The third kappa shape index (κ3) is 13.3. The van der Waals surface area contributed by atoms with Crippen LogP contribution in [-0.2, 0) is 9.59 Å². The summed E-state index contributed by atoms with van der Waals surface area (Å²) in [4.78, 5) is 23.8. The van der Waals surface area contributed by atoms with Crippen LogP contribution in [0.2, 0.25) is 0 Å². The van der Waals surface area contributed by atoms with Gasteiger partial charge in [0.25, 0.3) is 11.8 Å². The molecule has 0 heterocycles. The van der Waals surface area contributed by atoms with E-state index in [9.17, 15) is 18.4 Å². The lowest BCUT2D eigenvalue weighted by Crippen LogP contribution is -2.35. The molecule has 0 spiro atoms. The number of unbranched alkanes of at least 4 members (excludes halogenated alkanes) is 12. The Kier molecular flexibility index (Phi) is 14.9. The summed E-state index contributed by atoms with van der Waals surface area (Å²) >= 11 is 0. The van der Waals surface area contributed by atoms with Crippen molar-refractivity contribution in [1.29, 1.82) is 0 Å². The Morgan fingerprint density at radius 2 is 1.03 bits per heavy atom. The Bertz CT molecular complexity index is 540. The van der Waals surface area contributed by atoms with Gasteiger partial charge in [0.15, 0.2) is 11.7 Å². The van der Waals surface area contributed by atoms with E-state index in [1.165, 1.54) is 50.7 Å². The molecule has 2 N–H and O–H groups in total. The molecule has 31 heavy (non-hydrogen) atoms. The number of amides is 2. The first-order valence-corrected chi connectivity index (χ1v) is 12.3. The number of halogens is 2. The molecule has 178 valence electrons. The van der Waals surface area contributed by atoms with E-state index in [1.54, 1.807) is 0 Å². The highest BCUT2D eigenvalue weighted by molar-refractivity contribution is 5.93. The van der Waals surface area contributed by atoms with Gasteiger partial charge in [-0.1, -0.05) is 78.1 Å². The largest absolute Gasteiger partial charge is 0.345 e. The first-order valence-electron chi connectivity index (χ1n) is 12.3. The average Bonchev–Trinajstić information content (AvgIpc) is 3.48. The molecule has 0 aromatic rings. The molecule has 2 amide bonds. The molecule has 0 aromatic carbocycles. The topological polar surface area (TPSA) is 58.2 Å². The highest BCUT2D eigenvalue weighted by atomic mass is 19.1. The van der Waals surface area contributed by atoms with Gasteiger partial charge >= 0.3 is 0 Å². The van der Waals surface area contributed by atoms with Crippen molar-refractivity contribution in [2.75, 3.05) is 0 Å². The number of nitrogens with one attached hydrogen (secondary N) is 2. The minimum absolute atomic E-state index is 0.337. The smallest absolute Gasteiger partial charge is 0.279 e. The van der Waals surface area contributed by atoms with Crippen molar-refractivity contribution < 1.29 is 18.4 Å². The van der Waals surface area contributed by atoms with Crippen LogP contribution in [0, 0.1) is 0 Å². The second-order valence-electron chi connectivity index (χ2n) is 8.61. The highest BCUT2D eigenvalue weighted by Crippen LogP contribution is 2.22. The van der Waals surface area contributed by atoms with E-state index in [2.05, 4.69) is 24.5 Å². The van der Waals surface area contributed by atoms with Gasteiger partial charge in [0.1, 0.15) is 0 Å². The summed E-state index contributed by atoms with van der Waals surface area (Å²) in [7, 11) is 0. The van der Waals surface area contributed by atoms with Crippen molar-refractivity contribution in [3.05, 3.63) is 23.8 Å². The molecule has 1 rings (SSSR count). The number of hydrogen-bond acceptors (Lipinski definition) is 2. The second-order valence-corrected chi connectivity index (χ2v) is 8.61. The van der Waals surface area contributed by atoms with Crippen LogP contribution in [0.5, 0.6) is 0 Å². The molecule has 0 bridgehead atoms. The van der Waals surface area contributed by atoms with Crippen molar-refractivity contribution in [2.45, 2.75) is 122 Å². The van der Waals surface area contributed by atoms with Crippen LogP contribution in [0.25, 0.3) is 0 Å². The van der Waals surface area contributed by atoms with Crippen molar-refractivity contribution in [3.8, 4) is 0 Å². The lowest BCUT2D eigenvalue weighted by molar-refractivity contribution is -0.120. The van der Waals surface area contributed by atoms with Crippen LogP contribution >= 0.6 is 0 Å². The van der Waals surface area contributed by atoms with E-state index in [0.29, 0.717) is 19.3 Å². The van der Waals surface area contributed by atoms with Crippen LogP contribution < -0.4 is 10.6 Å². The predicted octanol–water partition coefficient (Wildman–Crippen LogP) is 6.57. The van der Waals surface area contributed by atoms with Crippen LogP contribution in [0.1, 0.15) is 110 Å². The first kappa shape index (κ1) is 27.3. The lowest BCUT2D eigenvalue weighted by atomic mass is 10.1. The number of hydrogen-bond donors (Lipinski definition) is 2. The molecule has 1 saturated carbocycles. The van der Waals surface area contributed by atoms with E-state index in [0.717, 1.165) is 38.5 Å². The summed E-state index contributed by atoms with van der Waals surface area (Å²) < 4.78 is 27.8. The van der Waals surface area contributed by atoms with Gasteiger partial charge in [-0.2, -0.15) is 0 Å². The fraction of sp³-hybridized carbons (Fsp3) is 0.760. The zero-order valence-electron chi connectivity index (χ0n) is 19.5. The molecular formula is C25H42F2N2O2. The third-order valence-corrected chi connectivity index (χ3v) is 5.62. The number of allylic oxidation sites excluding steroid dienone is 2. The number of rotatable bonds is 18. The zero-order chi connectivity index (χ0) is 22.9. The van der Waals surface area contributed by atoms with Gasteiger partial charge in [0.2, 0.25) is 0 Å². The normalized spacial score (nSPS) is 18.7. The van der Waals surface area contributed by atoms with Crippen LogP contribution in [-0.4, -0.2) is 23.9 Å². The quantitative estimate of drug-likeness (QED) is 0.187. The van der Waals surface area contributed by atoms with Gasteiger partial charge in [-0.3, -0.25) is 9.59 Å². The van der Waals surface area contributed by atoms with Crippen LogP contribution in [0.3, 0.4) is 0 Å². The summed E-state index contributed by atoms with van der Waals surface area (Å²) in [5, 5.41) is 5.11. The Morgan fingerprint density at radius 1 is 0.677 bits per heavy atom. The highest BCUT2D eigenvalue weighted by Gasteiger charge is 2.40. The molecular weight excluding hydrogens is 398 g/mol. The molecule has 4 nitrogen and oxygen atoms in total. The number of carbonyl (C=O) groups excluding carboxylic acids is 2. The van der Waals surface area contributed by atoms with E-state index >= 15 is 0 Å². The second kappa shape index (κ2) is 16.9. The lowest BCUT2D eigenvalue weighted by Gasteiger charge is -2.05. The fourth-order valence-corrected chi connectivity index (χ4v) is 3.48. The Morgan fingerprint density at radius 3 is 1.42 bits per heavy atom. The maximum atomic E-state index is 13.9. The molecule has 1 aliphatic carbocycles. The maximum absolute atomic E-state index is 13.9. The molecule has 0 radical (unpaired) electrons. The van der Waals surface area contributed by atoms with Gasteiger partial charge in [-0.25, -0.2) is 8.78 Å². The third-order valence-electron chi connectivity index (χ3n) is 5.62. The van der Waals surface area contributed by atoms with Crippen molar-refractivity contribution in [2.24, 2.45) is 0 Å². The minimum atomic E-state index is -0.782. The summed E-state index contributed by atoms with van der Waals surface area (Å²) in [6.45, 7) is 4.33. The zero-order valence-corrected chi connectivity index (χ0v) is 19.5. The summed E-state index contributed by atoms with van der Waals surface area (Å²) in [6, 6.07) is -0.674. The van der Waals surface area contributed by atoms with E-state index in [4.69, 9.17) is 0 Å². The molecule has 0 aromatic heterocycles. The van der Waals surface area contributed by atoms with Crippen molar-refractivity contribution in [3.63, 3.8) is 0 Å². The monoisotopic (exact) mass is 440 g/mol. The molecule has 0 aliphatic heterocycles. The van der Waals surface area contributed by atoms with E-state index in [1.807, 2.05) is 0 Å². The Balaban J connectivity index is 2.16. The molecule has 0 saturated heterocycles. The predicted molar refractivity (Wildman–Crippen MR) is 123 cm³/mol. The van der Waals surface area contributed by atoms with Gasteiger partial charge in [0, 0.05) is 0 Å². The number of carbonyl (C=O) groups is 2. The van der Waals surface area contributed by atoms with Crippen molar-refractivity contribution in [1.82, 2.24) is 10.6 Å². The van der Waals surface area contributed by atoms with Gasteiger partial charge < -0.3 is 10.6 Å². The maximum Gasteiger partial charge on any atom is 0.279 e. The SMILES string of the molecule is CCCCCCCCC=C(F)C(=O)NC1CC1NC(=O)C(F)=CCCCCCCCC. The Labute approximate surface area is 187 Å². The molecule has 6 heteroatoms. The van der Waals surface area contributed by atoms with E-state index < -0.39 is 23.5 Å². The summed E-state index contributed by atoms with van der Waals surface area (Å²) in [5.74, 6) is -3.08. The first-order chi connectivity index (χ1) is 15.0. The standard InChI is InChI=1S/C25H42F2N2O2/c1-3-5-7-9-11-13-15-17-20(26)24(30)28-22-19-23(22)29-25(31)21(27)18-16-14-12-10-8-6-4-2/h17-18,22-23H,3-16,19H2,1-2H3,(H,28,30)(H,29,31). The average molecular weight is 441 g/mol. The molecule has 1 fully saturated rings. The Hall–Kier alpha value is -1.72. The molecule has 2 unspecified atom stereocenters. The van der Waals surface area contributed by atoms with Crippen molar-refractivity contribution >= 4 is 11.8 Å². The fourth-order valence-electron chi connectivity index (χ4n) is 3.48. The molecule has 2 atom stereocenters. The van der Waals surface area contributed by atoms with E-state index in [-0.39, 0.29) is 12.1 Å². The van der Waals surface area contributed by atoms with Gasteiger partial charge in [-0.05, 0) is 44.3 Å².